The lowest BCUT2D eigenvalue weighted by Gasteiger charge is -2.14. The molecule has 0 radical (unpaired) electrons. The number of nitrogens with one attached hydrogen (secondary N) is 1. The van der Waals surface area contributed by atoms with Gasteiger partial charge < -0.3 is 14.2 Å². The van der Waals surface area contributed by atoms with Crippen molar-refractivity contribution in [2.45, 2.75) is 33.0 Å². The average Bonchev–Trinajstić information content (AvgIpc) is 2.96. The van der Waals surface area contributed by atoms with Crippen LogP contribution in [0, 0.1) is 4.77 Å². The first kappa shape index (κ1) is 20.3. The summed E-state index contributed by atoms with van der Waals surface area (Å²) in [5.74, 6) is 2.17. The molecule has 1 unspecified atom stereocenters. The summed E-state index contributed by atoms with van der Waals surface area (Å²) in [6, 6.07) is 16.8. The molecule has 2 aromatic carbocycles. The normalized spacial score (nSPS) is 12.4. The fourth-order valence-electron chi connectivity index (χ4n) is 3.34. The Morgan fingerprint density at radius 2 is 1.79 bits per heavy atom. The molecule has 0 aliphatic heterocycles. The van der Waals surface area contributed by atoms with Crippen LogP contribution >= 0.6 is 12.2 Å². The molecule has 28 heavy (non-hydrogen) atoms. The molecular formula is C22H29N4OS+. The van der Waals surface area contributed by atoms with Crippen LogP contribution in [0.1, 0.15) is 30.9 Å². The predicted molar refractivity (Wildman–Crippen MR) is 115 cm³/mol. The number of quaternary nitrogens is 1. The Bertz CT molecular complexity index is 989. The molecule has 3 aromatic rings. The van der Waals surface area contributed by atoms with Crippen molar-refractivity contribution < 1.29 is 9.64 Å². The number of para-hydroxylation sites is 1. The second-order valence-corrected chi connectivity index (χ2v) is 7.92. The lowest BCUT2D eigenvalue weighted by Crippen LogP contribution is -3.07. The standard InChI is InChI=1S/C22H28N4OS/c1-16(2)18-12-10-17(11-13-18)14-24(3)15-26-22(28)25(4)21(23-26)19-8-6-7-9-20(19)27-5/h6-13,16H,14-15H2,1-5H3/p+1. The van der Waals surface area contributed by atoms with Gasteiger partial charge in [0, 0.05) is 12.6 Å². The number of hydrogen-bond donors (Lipinski definition) is 1. The van der Waals surface area contributed by atoms with E-state index in [1.54, 1.807) is 7.11 Å². The van der Waals surface area contributed by atoms with Gasteiger partial charge in [-0.15, -0.1) is 5.10 Å². The second-order valence-electron chi connectivity index (χ2n) is 7.55. The molecule has 0 aliphatic carbocycles. The second kappa shape index (κ2) is 8.71. The fraction of sp³-hybridized carbons (Fsp3) is 0.364. The molecule has 0 saturated heterocycles. The van der Waals surface area contributed by atoms with E-state index in [4.69, 9.17) is 22.1 Å². The van der Waals surface area contributed by atoms with Gasteiger partial charge in [-0.2, -0.15) is 4.68 Å². The number of nitrogens with zero attached hydrogens (tertiary/aromatic N) is 3. The van der Waals surface area contributed by atoms with Gasteiger partial charge >= 0.3 is 0 Å². The van der Waals surface area contributed by atoms with Crippen molar-refractivity contribution in [1.82, 2.24) is 14.3 Å². The van der Waals surface area contributed by atoms with Crippen LogP contribution < -0.4 is 9.64 Å². The van der Waals surface area contributed by atoms with Gasteiger partial charge in [-0.25, -0.2) is 0 Å². The van der Waals surface area contributed by atoms with Crippen LogP contribution in [0.3, 0.4) is 0 Å². The van der Waals surface area contributed by atoms with Crippen LogP contribution in [-0.2, 0) is 20.3 Å². The van der Waals surface area contributed by atoms with E-state index >= 15 is 0 Å². The maximum Gasteiger partial charge on any atom is 0.202 e. The predicted octanol–water partition coefficient (Wildman–Crippen LogP) is 3.42. The molecular weight excluding hydrogens is 368 g/mol. The highest BCUT2D eigenvalue weighted by Gasteiger charge is 2.16. The maximum absolute atomic E-state index is 5.63. The molecule has 0 saturated carbocycles. The molecule has 1 aromatic heterocycles. The lowest BCUT2D eigenvalue weighted by atomic mass is 10.0. The summed E-state index contributed by atoms with van der Waals surface area (Å²) in [5.41, 5.74) is 3.63. The van der Waals surface area contributed by atoms with Crippen molar-refractivity contribution in [3.05, 3.63) is 64.4 Å². The zero-order chi connectivity index (χ0) is 20.3. The highest BCUT2D eigenvalue weighted by atomic mass is 32.1. The number of benzene rings is 2. The summed E-state index contributed by atoms with van der Waals surface area (Å²) in [7, 11) is 5.79. The summed E-state index contributed by atoms with van der Waals surface area (Å²) in [6.07, 6.45) is 0. The molecule has 148 valence electrons. The fourth-order valence-corrected chi connectivity index (χ4v) is 3.53. The first-order chi connectivity index (χ1) is 13.4. The topological polar surface area (TPSA) is 36.4 Å². The van der Waals surface area contributed by atoms with Crippen LogP contribution in [0.25, 0.3) is 11.4 Å². The van der Waals surface area contributed by atoms with E-state index in [1.165, 1.54) is 16.0 Å². The van der Waals surface area contributed by atoms with Crippen LogP contribution in [0.5, 0.6) is 5.75 Å². The van der Waals surface area contributed by atoms with Crippen LogP contribution in [0.2, 0.25) is 0 Å². The lowest BCUT2D eigenvalue weighted by molar-refractivity contribution is -0.917. The Labute approximate surface area is 172 Å². The van der Waals surface area contributed by atoms with Crippen molar-refractivity contribution in [2.75, 3.05) is 14.2 Å². The van der Waals surface area contributed by atoms with Gasteiger partial charge in [0.1, 0.15) is 12.3 Å². The van der Waals surface area contributed by atoms with E-state index in [9.17, 15) is 0 Å². The van der Waals surface area contributed by atoms with Crippen molar-refractivity contribution in [3.8, 4) is 17.1 Å². The highest BCUT2D eigenvalue weighted by Crippen LogP contribution is 2.27. The zero-order valence-electron chi connectivity index (χ0n) is 17.3. The Balaban J connectivity index is 1.78. The van der Waals surface area contributed by atoms with E-state index in [0.717, 1.165) is 23.7 Å². The Kier molecular flexibility index (Phi) is 6.31. The monoisotopic (exact) mass is 397 g/mol. The SMILES string of the molecule is COc1ccccc1-c1nn(C[NH+](C)Cc2ccc(C(C)C)cc2)c(=S)n1C. The van der Waals surface area contributed by atoms with E-state index < -0.39 is 0 Å². The molecule has 0 fully saturated rings. The molecule has 6 heteroatoms. The molecule has 0 amide bonds. The molecule has 0 spiro atoms. The number of hydrogen-bond acceptors (Lipinski definition) is 3. The minimum absolute atomic E-state index is 0.555. The van der Waals surface area contributed by atoms with Gasteiger partial charge in [-0.3, -0.25) is 0 Å². The quantitative estimate of drug-likeness (QED) is 0.621. The van der Waals surface area contributed by atoms with Crippen LogP contribution in [0.15, 0.2) is 48.5 Å². The summed E-state index contributed by atoms with van der Waals surface area (Å²) in [4.78, 5) is 1.32. The molecule has 1 N–H and O–H groups in total. The highest BCUT2D eigenvalue weighted by molar-refractivity contribution is 7.71. The van der Waals surface area contributed by atoms with Gasteiger partial charge in [-0.05, 0) is 35.8 Å². The molecule has 3 rings (SSSR count). The van der Waals surface area contributed by atoms with Gasteiger partial charge in [0.25, 0.3) is 0 Å². The molecule has 0 bridgehead atoms. The van der Waals surface area contributed by atoms with Gasteiger partial charge in [0.15, 0.2) is 12.5 Å². The smallest absolute Gasteiger partial charge is 0.202 e. The van der Waals surface area contributed by atoms with E-state index in [2.05, 4.69) is 45.2 Å². The van der Waals surface area contributed by atoms with Gasteiger partial charge in [0.2, 0.25) is 4.77 Å². The van der Waals surface area contributed by atoms with E-state index in [1.807, 2.05) is 40.6 Å². The number of aromatic nitrogens is 3. The van der Waals surface area contributed by atoms with Crippen LogP contribution in [-0.4, -0.2) is 28.5 Å². The number of ether oxygens (including phenoxy) is 1. The zero-order valence-corrected chi connectivity index (χ0v) is 18.1. The van der Waals surface area contributed by atoms with Gasteiger partial charge in [0.05, 0.1) is 19.7 Å². The van der Waals surface area contributed by atoms with Crippen LogP contribution in [0.4, 0.5) is 0 Å². The maximum atomic E-state index is 5.63. The van der Waals surface area contributed by atoms with Crippen molar-refractivity contribution in [2.24, 2.45) is 7.05 Å². The van der Waals surface area contributed by atoms with Crippen molar-refractivity contribution in [3.63, 3.8) is 0 Å². The third kappa shape index (κ3) is 4.34. The first-order valence-electron chi connectivity index (χ1n) is 9.58. The third-order valence-electron chi connectivity index (χ3n) is 4.96. The third-order valence-corrected chi connectivity index (χ3v) is 5.45. The minimum atomic E-state index is 0.555. The molecule has 5 nitrogen and oxygen atoms in total. The average molecular weight is 398 g/mol. The largest absolute Gasteiger partial charge is 0.496 e. The van der Waals surface area contributed by atoms with Crippen molar-refractivity contribution in [1.29, 1.82) is 0 Å². The van der Waals surface area contributed by atoms with Crippen molar-refractivity contribution >= 4 is 12.2 Å². The molecule has 0 aliphatic rings. The Hall–Kier alpha value is -2.44. The number of rotatable bonds is 7. The van der Waals surface area contributed by atoms with E-state index in [0.29, 0.717) is 17.4 Å². The summed E-state index contributed by atoms with van der Waals surface area (Å²) < 4.78 is 10.0. The molecule has 1 heterocycles. The summed E-state index contributed by atoms with van der Waals surface area (Å²) in [6.45, 7) is 6.05. The minimum Gasteiger partial charge on any atom is -0.496 e. The Morgan fingerprint density at radius 3 is 2.43 bits per heavy atom. The van der Waals surface area contributed by atoms with Gasteiger partial charge in [-0.1, -0.05) is 50.2 Å². The summed E-state index contributed by atoms with van der Waals surface area (Å²) >= 11 is 5.63. The number of methoxy groups -OCH3 is 1. The Morgan fingerprint density at radius 1 is 1.11 bits per heavy atom. The van der Waals surface area contributed by atoms with E-state index in [-0.39, 0.29) is 0 Å². The molecule has 1 atom stereocenters. The first-order valence-corrected chi connectivity index (χ1v) is 9.99. The summed E-state index contributed by atoms with van der Waals surface area (Å²) in [5, 5.41) is 4.78.